The highest BCUT2D eigenvalue weighted by Gasteiger charge is 2.36. The summed E-state index contributed by atoms with van der Waals surface area (Å²) in [5.74, 6) is -0.0986. The highest BCUT2D eigenvalue weighted by Crippen LogP contribution is 2.39. The molecule has 0 fully saturated rings. The minimum atomic E-state index is -0.767. The predicted octanol–water partition coefficient (Wildman–Crippen LogP) is 5.59. The summed E-state index contributed by atoms with van der Waals surface area (Å²) in [5.41, 5.74) is 2.88. The number of carbonyl (C=O) groups excluding carboxylic acids is 2. The zero-order chi connectivity index (χ0) is 21.4. The maximum Gasteiger partial charge on any atom is 0.251 e. The normalized spacial score (nSPS) is 15.1. The number of hydrogen-bond donors (Lipinski definition) is 2. The molecule has 4 rings (SSSR count). The second-order valence-electron chi connectivity index (χ2n) is 6.86. The third-order valence-electron chi connectivity index (χ3n) is 4.85. The van der Waals surface area contributed by atoms with E-state index in [9.17, 15) is 9.59 Å². The Kier molecular flexibility index (Phi) is 5.73. The van der Waals surface area contributed by atoms with Crippen LogP contribution >= 0.6 is 34.8 Å². The molecule has 0 saturated heterocycles. The Bertz CT molecular complexity index is 1160. The van der Waals surface area contributed by atoms with Gasteiger partial charge in [0.05, 0.1) is 22.8 Å². The first-order valence-electron chi connectivity index (χ1n) is 9.30. The standard InChI is InChI=1S/C21H17Cl3N4O2/c1-2-15-19(11-4-3-5-12(22)8-11)20-26-21(30)17(28(20)27-15)10-18(29)25-16-9-13(23)6-7-14(16)24/h3-9,17H,2,10H2,1H3,(H,25,29)(H,26,30). The molecular weight excluding hydrogens is 447 g/mol. The van der Waals surface area contributed by atoms with Crippen LogP contribution in [0.5, 0.6) is 0 Å². The molecule has 1 aliphatic heterocycles. The number of anilines is 2. The van der Waals surface area contributed by atoms with Gasteiger partial charge in [-0.05, 0) is 42.3 Å². The molecule has 0 radical (unpaired) electrons. The predicted molar refractivity (Wildman–Crippen MR) is 119 cm³/mol. The first-order chi connectivity index (χ1) is 14.4. The van der Waals surface area contributed by atoms with Crippen LogP contribution in [-0.2, 0) is 16.0 Å². The third-order valence-corrected chi connectivity index (χ3v) is 5.65. The molecule has 1 aromatic heterocycles. The Morgan fingerprint density at radius 1 is 1.17 bits per heavy atom. The quantitative estimate of drug-likeness (QED) is 0.517. The van der Waals surface area contributed by atoms with Crippen molar-refractivity contribution in [3.8, 4) is 11.1 Å². The number of rotatable bonds is 5. The van der Waals surface area contributed by atoms with E-state index in [4.69, 9.17) is 34.8 Å². The molecule has 0 spiro atoms. The van der Waals surface area contributed by atoms with Crippen LogP contribution in [0.4, 0.5) is 11.5 Å². The van der Waals surface area contributed by atoms with E-state index in [0.717, 1.165) is 16.8 Å². The molecule has 30 heavy (non-hydrogen) atoms. The summed E-state index contributed by atoms with van der Waals surface area (Å²) in [6.45, 7) is 1.98. The lowest BCUT2D eigenvalue weighted by Crippen LogP contribution is -2.24. The molecule has 9 heteroatoms. The molecule has 2 N–H and O–H groups in total. The van der Waals surface area contributed by atoms with Crippen LogP contribution in [0.3, 0.4) is 0 Å². The number of fused-ring (bicyclic) bond motifs is 1. The Balaban J connectivity index is 1.63. The number of nitrogens with zero attached hydrogens (tertiary/aromatic N) is 2. The van der Waals surface area contributed by atoms with Crippen molar-refractivity contribution in [2.75, 3.05) is 10.6 Å². The van der Waals surface area contributed by atoms with E-state index in [1.54, 1.807) is 28.9 Å². The van der Waals surface area contributed by atoms with Crippen molar-refractivity contribution in [1.82, 2.24) is 9.78 Å². The van der Waals surface area contributed by atoms with Crippen molar-refractivity contribution in [3.05, 3.63) is 63.2 Å². The third kappa shape index (κ3) is 3.90. The van der Waals surface area contributed by atoms with Crippen molar-refractivity contribution >= 4 is 58.1 Å². The lowest BCUT2D eigenvalue weighted by atomic mass is 10.0. The Hall–Kier alpha value is -2.54. The molecule has 2 aromatic carbocycles. The van der Waals surface area contributed by atoms with Crippen molar-refractivity contribution in [1.29, 1.82) is 0 Å². The van der Waals surface area contributed by atoms with Crippen LogP contribution in [-0.4, -0.2) is 21.6 Å². The summed E-state index contributed by atoms with van der Waals surface area (Å²) in [4.78, 5) is 25.2. The zero-order valence-electron chi connectivity index (χ0n) is 15.9. The average molecular weight is 464 g/mol. The van der Waals surface area contributed by atoms with Gasteiger partial charge in [0.2, 0.25) is 5.91 Å². The van der Waals surface area contributed by atoms with E-state index in [-0.39, 0.29) is 18.2 Å². The zero-order valence-corrected chi connectivity index (χ0v) is 18.1. The van der Waals surface area contributed by atoms with Gasteiger partial charge in [-0.25, -0.2) is 4.68 Å². The molecule has 3 aromatic rings. The molecular formula is C21H17Cl3N4O2. The second kappa shape index (κ2) is 8.30. The van der Waals surface area contributed by atoms with Crippen LogP contribution in [0.2, 0.25) is 15.1 Å². The highest BCUT2D eigenvalue weighted by molar-refractivity contribution is 6.35. The number of hydrogen-bond acceptors (Lipinski definition) is 3. The van der Waals surface area contributed by atoms with Gasteiger partial charge in [-0.2, -0.15) is 5.10 Å². The number of aromatic nitrogens is 2. The molecule has 2 amide bonds. The van der Waals surface area contributed by atoms with E-state index in [1.165, 1.54) is 0 Å². The summed E-state index contributed by atoms with van der Waals surface area (Å²) in [6.07, 6.45) is 0.566. The second-order valence-corrected chi connectivity index (χ2v) is 8.14. The highest BCUT2D eigenvalue weighted by atomic mass is 35.5. The van der Waals surface area contributed by atoms with E-state index in [1.807, 2.05) is 25.1 Å². The number of nitrogens with one attached hydrogen (secondary N) is 2. The Labute approximate surface area is 188 Å². The summed E-state index contributed by atoms with van der Waals surface area (Å²) < 4.78 is 1.58. The molecule has 154 valence electrons. The summed E-state index contributed by atoms with van der Waals surface area (Å²) in [6, 6.07) is 11.4. The van der Waals surface area contributed by atoms with Gasteiger partial charge >= 0.3 is 0 Å². The lowest BCUT2D eigenvalue weighted by molar-refractivity contribution is -0.123. The van der Waals surface area contributed by atoms with Gasteiger partial charge < -0.3 is 10.6 Å². The molecule has 6 nitrogen and oxygen atoms in total. The fraction of sp³-hybridized carbons (Fsp3) is 0.190. The number of aryl methyl sites for hydroxylation is 1. The van der Waals surface area contributed by atoms with E-state index in [0.29, 0.717) is 33.0 Å². The van der Waals surface area contributed by atoms with Crippen LogP contribution in [0.1, 0.15) is 25.1 Å². The van der Waals surface area contributed by atoms with Gasteiger partial charge in [0, 0.05) is 15.6 Å². The number of amides is 2. The first kappa shape index (κ1) is 20.7. The maximum atomic E-state index is 12.6. The fourth-order valence-electron chi connectivity index (χ4n) is 3.48. The van der Waals surface area contributed by atoms with Crippen LogP contribution in [0.25, 0.3) is 11.1 Å². The SMILES string of the molecule is CCc1nn2c(c1-c1cccc(Cl)c1)NC(=O)C2CC(=O)Nc1cc(Cl)ccc1Cl. The molecule has 1 aliphatic rings. The van der Waals surface area contributed by atoms with Crippen molar-refractivity contribution < 1.29 is 9.59 Å². The van der Waals surface area contributed by atoms with Gasteiger partial charge in [-0.15, -0.1) is 0 Å². The van der Waals surface area contributed by atoms with Crippen LogP contribution in [0, 0.1) is 0 Å². The topological polar surface area (TPSA) is 76.0 Å². The molecule has 2 heterocycles. The number of carbonyl (C=O) groups is 2. The van der Waals surface area contributed by atoms with Gasteiger partial charge in [0.1, 0.15) is 11.9 Å². The van der Waals surface area contributed by atoms with Gasteiger partial charge in [-0.1, -0.05) is 53.9 Å². The minimum absolute atomic E-state index is 0.0957. The van der Waals surface area contributed by atoms with Crippen molar-refractivity contribution in [3.63, 3.8) is 0 Å². The van der Waals surface area contributed by atoms with E-state index < -0.39 is 6.04 Å². The van der Waals surface area contributed by atoms with Gasteiger partial charge in [-0.3, -0.25) is 9.59 Å². The van der Waals surface area contributed by atoms with E-state index in [2.05, 4.69) is 15.7 Å². The van der Waals surface area contributed by atoms with E-state index >= 15 is 0 Å². The fourth-order valence-corrected chi connectivity index (χ4v) is 4.01. The summed E-state index contributed by atoms with van der Waals surface area (Å²) >= 11 is 18.2. The molecule has 1 unspecified atom stereocenters. The number of halogens is 3. The molecule has 1 atom stereocenters. The summed E-state index contributed by atoms with van der Waals surface area (Å²) in [5, 5.41) is 11.6. The lowest BCUT2D eigenvalue weighted by Gasteiger charge is -2.11. The van der Waals surface area contributed by atoms with Crippen LogP contribution in [0.15, 0.2) is 42.5 Å². The smallest absolute Gasteiger partial charge is 0.251 e. The van der Waals surface area contributed by atoms with Crippen molar-refractivity contribution in [2.24, 2.45) is 0 Å². The maximum absolute atomic E-state index is 12.6. The summed E-state index contributed by atoms with van der Waals surface area (Å²) in [7, 11) is 0. The molecule has 0 saturated carbocycles. The minimum Gasteiger partial charge on any atom is -0.325 e. The van der Waals surface area contributed by atoms with Crippen LogP contribution < -0.4 is 10.6 Å². The van der Waals surface area contributed by atoms with Crippen molar-refractivity contribution in [2.45, 2.75) is 25.8 Å². The monoisotopic (exact) mass is 462 g/mol. The largest absolute Gasteiger partial charge is 0.325 e. The molecule has 0 bridgehead atoms. The average Bonchev–Trinajstić information content (AvgIpc) is 3.20. The van der Waals surface area contributed by atoms with Gasteiger partial charge in [0.25, 0.3) is 5.91 Å². The van der Waals surface area contributed by atoms with Gasteiger partial charge in [0.15, 0.2) is 0 Å². The Morgan fingerprint density at radius 3 is 2.67 bits per heavy atom. The first-order valence-corrected chi connectivity index (χ1v) is 10.4. The number of benzene rings is 2. The molecule has 0 aliphatic carbocycles. The Morgan fingerprint density at radius 2 is 1.93 bits per heavy atom.